The summed E-state index contributed by atoms with van der Waals surface area (Å²) in [6.45, 7) is 2.26. The van der Waals surface area contributed by atoms with Crippen molar-refractivity contribution in [2.45, 2.75) is 69.3 Å². The first-order chi connectivity index (χ1) is 16.1. The Labute approximate surface area is 201 Å². The summed E-state index contributed by atoms with van der Waals surface area (Å²) in [5.41, 5.74) is 1.34. The molecule has 8 heteroatoms. The second-order valence-corrected chi connectivity index (χ2v) is 12.3. The van der Waals surface area contributed by atoms with Crippen LogP contribution in [-0.2, 0) is 19.6 Å². The van der Waals surface area contributed by atoms with Crippen LogP contribution in [0.25, 0.3) is 0 Å². The van der Waals surface area contributed by atoms with Crippen LogP contribution in [0.4, 0.5) is 0 Å². The summed E-state index contributed by atoms with van der Waals surface area (Å²) in [5.74, 6) is 2.20. The summed E-state index contributed by atoms with van der Waals surface area (Å²) < 4.78 is 35.0. The number of ketones is 1. The molecule has 0 aliphatic heterocycles. The number of carbonyl (C=O) groups excluding carboxylic acids is 2. The topological polar surface area (TPSA) is 113 Å². The van der Waals surface area contributed by atoms with E-state index in [0.717, 1.165) is 44.9 Å². The second-order valence-electron chi connectivity index (χ2n) is 10.7. The van der Waals surface area contributed by atoms with Gasteiger partial charge in [-0.25, -0.2) is 18.4 Å². The number of allylic oxidation sites excluding steroid dienone is 1. The molecule has 0 bridgehead atoms. The molecule has 0 heterocycles. The third-order valence-electron chi connectivity index (χ3n) is 9.18. The van der Waals surface area contributed by atoms with Gasteiger partial charge in [-0.1, -0.05) is 12.5 Å². The molecule has 3 saturated carbocycles. The molecular formula is C26H33NO6S. The number of hydrogen-bond acceptors (Lipinski definition) is 6. The van der Waals surface area contributed by atoms with E-state index < -0.39 is 16.0 Å². The third-order valence-corrected chi connectivity index (χ3v) is 10.1. The van der Waals surface area contributed by atoms with Gasteiger partial charge in [0.15, 0.2) is 5.78 Å². The minimum absolute atomic E-state index is 0.0779. The van der Waals surface area contributed by atoms with Crippen molar-refractivity contribution in [3.05, 3.63) is 35.4 Å². The van der Waals surface area contributed by atoms with Crippen LogP contribution >= 0.6 is 0 Å². The van der Waals surface area contributed by atoms with Crippen LogP contribution in [0, 0.1) is 29.1 Å². The fourth-order valence-corrected chi connectivity index (χ4v) is 8.08. The van der Waals surface area contributed by atoms with E-state index in [1.165, 1.54) is 30.9 Å². The Balaban J connectivity index is 1.36. The molecule has 6 atom stereocenters. The predicted octanol–water partition coefficient (Wildman–Crippen LogP) is 4.01. The van der Waals surface area contributed by atoms with Crippen molar-refractivity contribution in [1.82, 2.24) is 0 Å². The normalized spacial score (nSPS) is 35.0. The lowest BCUT2D eigenvalue weighted by molar-refractivity contribution is -0.116. The molecule has 3 fully saturated rings. The van der Waals surface area contributed by atoms with Crippen molar-refractivity contribution in [2.24, 2.45) is 34.2 Å². The van der Waals surface area contributed by atoms with Crippen LogP contribution in [0.1, 0.15) is 68.6 Å². The lowest BCUT2D eigenvalue weighted by Crippen LogP contribution is -2.48. The number of methoxy groups -OCH3 is 1. The molecule has 7 nitrogen and oxygen atoms in total. The fourth-order valence-electron chi connectivity index (χ4n) is 7.54. The third kappa shape index (κ3) is 3.88. The largest absolute Gasteiger partial charge is 0.496 e. The van der Waals surface area contributed by atoms with E-state index in [1.54, 1.807) is 0 Å². The van der Waals surface area contributed by atoms with Crippen molar-refractivity contribution in [3.8, 4) is 5.75 Å². The first kappa shape index (κ1) is 23.5. The summed E-state index contributed by atoms with van der Waals surface area (Å²) in [5, 5.41) is 5.26. The average molecular weight is 488 g/mol. The molecule has 184 valence electrons. The number of ether oxygens (including phenoxy) is 2. The lowest BCUT2D eigenvalue weighted by atomic mass is 9.52. The molecule has 4 aliphatic rings. The van der Waals surface area contributed by atoms with Gasteiger partial charge in [-0.15, -0.1) is 0 Å². The maximum Gasteiger partial charge on any atom is 0.342 e. The Kier molecular flexibility index (Phi) is 5.88. The summed E-state index contributed by atoms with van der Waals surface area (Å²) in [6.07, 6.45) is 9.35. The van der Waals surface area contributed by atoms with Crippen LogP contribution in [0.3, 0.4) is 0 Å². The maximum atomic E-state index is 13.2. The number of benzene rings is 1. The van der Waals surface area contributed by atoms with E-state index >= 15 is 0 Å². The van der Waals surface area contributed by atoms with Gasteiger partial charge >= 0.3 is 5.97 Å². The monoisotopic (exact) mass is 487 g/mol. The Morgan fingerprint density at radius 2 is 1.88 bits per heavy atom. The van der Waals surface area contributed by atoms with Crippen molar-refractivity contribution in [1.29, 1.82) is 0 Å². The predicted molar refractivity (Wildman–Crippen MR) is 126 cm³/mol. The van der Waals surface area contributed by atoms with Gasteiger partial charge in [-0.05, 0) is 92.9 Å². The molecule has 0 spiro atoms. The van der Waals surface area contributed by atoms with Crippen LogP contribution < -0.4 is 9.88 Å². The highest BCUT2D eigenvalue weighted by Gasteiger charge is 2.57. The average Bonchev–Trinajstić information content (AvgIpc) is 3.13. The molecule has 2 N–H and O–H groups in total. The number of hydrogen-bond donors (Lipinski definition) is 1. The summed E-state index contributed by atoms with van der Waals surface area (Å²) >= 11 is 0. The van der Waals surface area contributed by atoms with Crippen molar-refractivity contribution in [2.75, 3.05) is 7.11 Å². The van der Waals surface area contributed by atoms with Gasteiger partial charge in [0, 0.05) is 11.8 Å². The highest BCUT2D eigenvalue weighted by atomic mass is 32.2. The summed E-state index contributed by atoms with van der Waals surface area (Å²) in [4.78, 5) is 25.0. The SMILES string of the molecule is COc1ccc(S(N)(=O)=O)cc1C(=O)O[C@H]1CCC2C3CCC4=CC(=O)CCC4C3CC[C@@]21C. The van der Waals surface area contributed by atoms with E-state index in [0.29, 0.717) is 30.1 Å². The van der Waals surface area contributed by atoms with E-state index in [-0.39, 0.29) is 33.5 Å². The molecule has 4 unspecified atom stereocenters. The Bertz CT molecular complexity index is 1160. The molecule has 0 saturated heterocycles. The number of esters is 1. The van der Waals surface area contributed by atoms with E-state index in [2.05, 4.69) is 6.92 Å². The number of rotatable bonds is 4. The zero-order valence-electron chi connectivity index (χ0n) is 19.8. The van der Waals surface area contributed by atoms with Crippen molar-refractivity contribution < 1.29 is 27.5 Å². The van der Waals surface area contributed by atoms with Gasteiger partial charge in [0.25, 0.3) is 0 Å². The minimum Gasteiger partial charge on any atom is -0.496 e. The molecule has 0 amide bonds. The molecule has 0 radical (unpaired) electrons. The van der Waals surface area contributed by atoms with Crippen molar-refractivity contribution in [3.63, 3.8) is 0 Å². The van der Waals surface area contributed by atoms with E-state index in [1.807, 2.05) is 6.08 Å². The molecule has 4 aliphatic carbocycles. The maximum absolute atomic E-state index is 13.2. The fraction of sp³-hybridized carbons (Fsp3) is 0.615. The molecule has 0 aromatic heterocycles. The number of sulfonamides is 1. The van der Waals surface area contributed by atoms with Gasteiger partial charge < -0.3 is 9.47 Å². The smallest absolute Gasteiger partial charge is 0.342 e. The van der Waals surface area contributed by atoms with Crippen LogP contribution in [0.2, 0.25) is 0 Å². The summed E-state index contributed by atoms with van der Waals surface area (Å²) in [6, 6.07) is 3.99. The van der Waals surface area contributed by atoms with Gasteiger partial charge in [-0.2, -0.15) is 0 Å². The zero-order valence-corrected chi connectivity index (χ0v) is 20.6. The van der Waals surface area contributed by atoms with Crippen LogP contribution in [0.5, 0.6) is 5.75 Å². The van der Waals surface area contributed by atoms with Gasteiger partial charge in [0.1, 0.15) is 17.4 Å². The number of nitrogens with two attached hydrogens (primary N) is 1. The molecular weight excluding hydrogens is 454 g/mol. The standard InChI is InChI=1S/C26H33NO6S/c1-26-12-11-19-18-7-4-16(28)13-15(18)3-6-20(19)22(26)8-10-24(26)33-25(29)21-14-17(34(27,30)31)5-9-23(21)32-2/h5,9,13-14,18-20,22,24H,3-4,6-8,10-12H2,1-2H3,(H2,27,30,31)/t18?,19?,20?,22?,24-,26-/m0/s1. The highest BCUT2D eigenvalue weighted by Crippen LogP contribution is 2.62. The lowest BCUT2D eigenvalue weighted by Gasteiger charge is -2.53. The molecule has 5 rings (SSSR count). The first-order valence-electron chi connectivity index (χ1n) is 12.3. The van der Waals surface area contributed by atoms with E-state index in [4.69, 9.17) is 14.6 Å². The second kappa shape index (κ2) is 8.48. The Hall–Kier alpha value is -2.19. The zero-order chi connectivity index (χ0) is 24.3. The minimum atomic E-state index is -3.96. The van der Waals surface area contributed by atoms with Crippen molar-refractivity contribution >= 4 is 21.8 Å². The first-order valence-corrected chi connectivity index (χ1v) is 13.8. The van der Waals surface area contributed by atoms with Crippen LogP contribution in [0.15, 0.2) is 34.7 Å². The number of primary sulfonamides is 1. The Morgan fingerprint density at radius 1 is 1.09 bits per heavy atom. The number of carbonyl (C=O) groups is 2. The quantitative estimate of drug-likeness (QED) is 0.642. The summed E-state index contributed by atoms with van der Waals surface area (Å²) in [7, 11) is -2.53. The van der Waals surface area contributed by atoms with Gasteiger partial charge in [0.05, 0.1) is 12.0 Å². The molecule has 1 aromatic rings. The van der Waals surface area contributed by atoms with Gasteiger partial charge in [0.2, 0.25) is 10.0 Å². The Morgan fingerprint density at radius 3 is 2.62 bits per heavy atom. The van der Waals surface area contributed by atoms with Crippen LogP contribution in [-0.4, -0.2) is 33.4 Å². The van der Waals surface area contributed by atoms with Gasteiger partial charge in [-0.3, -0.25) is 4.79 Å². The van der Waals surface area contributed by atoms with E-state index in [9.17, 15) is 18.0 Å². The molecule has 1 aromatic carbocycles. The molecule has 34 heavy (non-hydrogen) atoms. The highest BCUT2D eigenvalue weighted by molar-refractivity contribution is 7.89. The number of fused-ring (bicyclic) bond motifs is 5.